The zero-order valence-electron chi connectivity index (χ0n) is 11.6. The summed E-state index contributed by atoms with van der Waals surface area (Å²) >= 11 is 0. The number of hydrogen-bond acceptors (Lipinski definition) is 5. The van der Waals surface area contributed by atoms with E-state index in [2.05, 4.69) is 4.90 Å². The molecule has 1 unspecified atom stereocenters. The van der Waals surface area contributed by atoms with Crippen LogP contribution in [0.25, 0.3) is 0 Å². The van der Waals surface area contributed by atoms with Crippen LogP contribution in [0.3, 0.4) is 0 Å². The Morgan fingerprint density at radius 2 is 1.95 bits per heavy atom. The van der Waals surface area contributed by atoms with Crippen molar-refractivity contribution in [3.05, 3.63) is 29.8 Å². The highest BCUT2D eigenvalue weighted by Gasteiger charge is 2.40. The van der Waals surface area contributed by atoms with Gasteiger partial charge >= 0.3 is 0 Å². The largest absolute Gasteiger partial charge is 0.399 e. The Morgan fingerprint density at radius 3 is 2.65 bits per heavy atom. The van der Waals surface area contributed by atoms with Crippen LogP contribution in [0.5, 0.6) is 0 Å². The molecule has 1 aromatic carbocycles. The molecule has 0 saturated carbocycles. The van der Waals surface area contributed by atoms with Crippen molar-refractivity contribution >= 4 is 5.69 Å². The van der Waals surface area contributed by atoms with Crippen LogP contribution in [0.2, 0.25) is 0 Å². The lowest BCUT2D eigenvalue weighted by Gasteiger charge is -2.39. The molecule has 0 aromatic heterocycles. The van der Waals surface area contributed by atoms with Crippen LogP contribution in [-0.2, 0) is 9.47 Å². The third-order valence-corrected chi connectivity index (χ3v) is 4.06. The van der Waals surface area contributed by atoms with Gasteiger partial charge in [0.1, 0.15) is 0 Å². The Morgan fingerprint density at radius 1 is 1.25 bits per heavy atom. The Hall–Kier alpha value is -1.14. The summed E-state index contributed by atoms with van der Waals surface area (Å²) in [6.45, 7) is 3.65. The smallest absolute Gasteiger partial charge is 0.181 e. The maximum Gasteiger partial charge on any atom is 0.181 e. The minimum Gasteiger partial charge on any atom is -0.399 e. The van der Waals surface area contributed by atoms with Crippen LogP contribution < -0.4 is 5.73 Å². The fourth-order valence-corrected chi connectivity index (χ4v) is 3.03. The Bertz CT molecular complexity index is 443. The average molecular weight is 278 g/mol. The number of aliphatic hydroxyl groups is 1. The van der Waals surface area contributed by atoms with Gasteiger partial charge in [0.2, 0.25) is 0 Å². The number of β-amino-alcohol motifs (C(OH)–C–C–N with tert-alkyl or cyclic N) is 1. The van der Waals surface area contributed by atoms with Gasteiger partial charge in [-0.1, -0.05) is 12.1 Å². The van der Waals surface area contributed by atoms with Gasteiger partial charge in [-0.15, -0.1) is 0 Å². The summed E-state index contributed by atoms with van der Waals surface area (Å²) in [4.78, 5) is 2.22. The van der Waals surface area contributed by atoms with Crippen LogP contribution in [0.1, 0.15) is 24.5 Å². The Kier molecular flexibility index (Phi) is 3.94. The van der Waals surface area contributed by atoms with E-state index in [1.165, 1.54) is 0 Å². The molecular formula is C15H22N2O3. The number of anilines is 1. The molecule has 0 aliphatic carbocycles. The summed E-state index contributed by atoms with van der Waals surface area (Å²) in [6, 6.07) is 7.39. The molecule has 0 radical (unpaired) electrons. The summed E-state index contributed by atoms with van der Waals surface area (Å²) in [7, 11) is 0. The summed E-state index contributed by atoms with van der Waals surface area (Å²) in [5.74, 6) is -0.431. The molecule has 5 nitrogen and oxygen atoms in total. The normalized spacial score (nSPS) is 24.1. The molecule has 2 aliphatic rings. The molecule has 3 N–H and O–H groups in total. The highest BCUT2D eigenvalue weighted by Crippen LogP contribution is 2.31. The topological polar surface area (TPSA) is 68.0 Å². The van der Waals surface area contributed by atoms with E-state index in [1.54, 1.807) is 0 Å². The monoisotopic (exact) mass is 278 g/mol. The molecule has 2 heterocycles. The van der Waals surface area contributed by atoms with Gasteiger partial charge in [-0.3, -0.25) is 4.90 Å². The third kappa shape index (κ3) is 2.96. The molecule has 3 rings (SSSR count). The summed E-state index contributed by atoms with van der Waals surface area (Å²) in [6.07, 6.45) is 1.47. The van der Waals surface area contributed by atoms with E-state index in [1.807, 2.05) is 24.3 Å². The van der Waals surface area contributed by atoms with Gasteiger partial charge in [-0.25, -0.2) is 0 Å². The third-order valence-electron chi connectivity index (χ3n) is 4.06. The number of nitrogens with zero attached hydrogens (tertiary/aromatic N) is 1. The number of nitrogens with two attached hydrogens (primary N) is 1. The lowest BCUT2D eigenvalue weighted by Crippen LogP contribution is -2.49. The lowest BCUT2D eigenvalue weighted by molar-refractivity contribution is -0.191. The molecule has 0 bridgehead atoms. The minimum atomic E-state index is -0.507. The van der Waals surface area contributed by atoms with Gasteiger partial charge in [-0.2, -0.15) is 0 Å². The van der Waals surface area contributed by atoms with Crippen molar-refractivity contribution in [2.45, 2.75) is 24.7 Å². The molecule has 5 heteroatoms. The number of likely N-dealkylation sites (tertiary alicyclic amines) is 1. The van der Waals surface area contributed by atoms with Gasteiger partial charge in [-0.05, 0) is 30.7 Å². The summed E-state index contributed by atoms with van der Waals surface area (Å²) in [5.41, 5.74) is 7.27. The maximum atomic E-state index is 10.3. The second-order valence-electron chi connectivity index (χ2n) is 5.63. The first kappa shape index (κ1) is 13.8. The van der Waals surface area contributed by atoms with Gasteiger partial charge < -0.3 is 20.3 Å². The predicted molar refractivity (Wildman–Crippen MR) is 76.1 cm³/mol. The molecule has 2 saturated heterocycles. The van der Waals surface area contributed by atoms with E-state index in [0.29, 0.717) is 25.4 Å². The molecule has 1 spiro atoms. The molecule has 2 fully saturated rings. The van der Waals surface area contributed by atoms with Crippen LogP contribution in [0, 0.1) is 0 Å². The second-order valence-corrected chi connectivity index (χ2v) is 5.63. The van der Waals surface area contributed by atoms with E-state index in [0.717, 1.165) is 31.5 Å². The van der Waals surface area contributed by atoms with Crippen molar-refractivity contribution in [2.24, 2.45) is 0 Å². The van der Waals surface area contributed by atoms with Crippen molar-refractivity contribution in [3.63, 3.8) is 0 Å². The summed E-state index contributed by atoms with van der Waals surface area (Å²) < 4.78 is 11.5. The van der Waals surface area contributed by atoms with Crippen molar-refractivity contribution in [2.75, 3.05) is 38.6 Å². The van der Waals surface area contributed by atoms with E-state index < -0.39 is 11.9 Å². The van der Waals surface area contributed by atoms with E-state index >= 15 is 0 Å². The van der Waals surface area contributed by atoms with Crippen LogP contribution in [0.15, 0.2) is 24.3 Å². The molecule has 1 aromatic rings. The minimum absolute atomic E-state index is 0.431. The number of benzene rings is 1. The van der Waals surface area contributed by atoms with Gasteiger partial charge in [0.15, 0.2) is 5.79 Å². The number of nitrogen functional groups attached to an aromatic ring is 1. The maximum absolute atomic E-state index is 10.3. The number of piperidine rings is 1. The molecule has 110 valence electrons. The Labute approximate surface area is 119 Å². The van der Waals surface area contributed by atoms with Gasteiger partial charge in [0, 0.05) is 18.7 Å². The lowest BCUT2D eigenvalue weighted by atomic mass is 10.0. The van der Waals surface area contributed by atoms with Gasteiger partial charge in [0.05, 0.1) is 25.9 Å². The Balaban J connectivity index is 1.60. The second kappa shape index (κ2) is 5.69. The first-order valence-corrected chi connectivity index (χ1v) is 7.21. The number of aliphatic hydroxyl groups excluding tert-OH is 1. The zero-order chi connectivity index (χ0) is 14.0. The average Bonchev–Trinajstić information content (AvgIpc) is 2.87. The highest BCUT2D eigenvalue weighted by molar-refractivity contribution is 5.39. The van der Waals surface area contributed by atoms with Crippen molar-refractivity contribution < 1.29 is 14.6 Å². The number of hydrogen-bond donors (Lipinski definition) is 2. The molecule has 2 aliphatic heterocycles. The fourth-order valence-electron chi connectivity index (χ4n) is 3.03. The SMILES string of the molecule is Nc1ccc(C(O)CN2CCCC3(C2)OCCO3)cc1. The van der Waals surface area contributed by atoms with Crippen LogP contribution >= 0.6 is 0 Å². The highest BCUT2D eigenvalue weighted by atomic mass is 16.7. The summed E-state index contributed by atoms with van der Waals surface area (Å²) in [5, 5.41) is 10.3. The van der Waals surface area contributed by atoms with Crippen LogP contribution in [0.4, 0.5) is 5.69 Å². The zero-order valence-corrected chi connectivity index (χ0v) is 11.6. The first-order chi connectivity index (χ1) is 9.67. The molecular weight excluding hydrogens is 256 g/mol. The quantitative estimate of drug-likeness (QED) is 0.812. The van der Waals surface area contributed by atoms with Crippen LogP contribution in [-0.4, -0.2) is 48.6 Å². The number of ether oxygens (including phenoxy) is 2. The van der Waals surface area contributed by atoms with Gasteiger partial charge in [0.25, 0.3) is 0 Å². The predicted octanol–water partition coefficient (Wildman–Crippen LogP) is 1.14. The molecule has 1 atom stereocenters. The van der Waals surface area contributed by atoms with E-state index in [-0.39, 0.29) is 0 Å². The first-order valence-electron chi connectivity index (χ1n) is 7.21. The molecule has 0 amide bonds. The van der Waals surface area contributed by atoms with E-state index in [4.69, 9.17) is 15.2 Å². The fraction of sp³-hybridized carbons (Fsp3) is 0.600. The number of rotatable bonds is 3. The molecule has 20 heavy (non-hydrogen) atoms. The van der Waals surface area contributed by atoms with Crippen molar-refractivity contribution in [3.8, 4) is 0 Å². The van der Waals surface area contributed by atoms with Crippen molar-refractivity contribution in [1.29, 1.82) is 0 Å². The van der Waals surface area contributed by atoms with Crippen molar-refractivity contribution in [1.82, 2.24) is 4.90 Å². The standard InChI is InChI=1S/C15H22N2O3/c16-13-4-2-12(3-5-13)14(18)10-17-7-1-6-15(11-17)19-8-9-20-15/h2-5,14,18H,1,6-11,16H2. The van der Waals surface area contributed by atoms with E-state index in [9.17, 15) is 5.11 Å².